The molecule has 1 aliphatic rings. The second-order valence-corrected chi connectivity index (χ2v) is 5.56. The smallest absolute Gasteiger partial charge is 0.409 e. The van der Waals surface area contributed by atoms with Gasteiger partial charge in [-0.1, -0.05) is 28.1 Å². The highest BCUT2D eigenvalue weighted by Gasteiger charge is 2.24. The van der Waals surface area contributed by atoms with Gasteiger partial charge in [0.05, 0.1) is 13.5 Å². The summed E-state index contributed by atoms with van der Waals surface area (Å²) in [4.78, 5) is 26.9. The fourth-order valence-corrected chi connectivity index (χ4v) is 2.42. The van der Waals surface area contributed by atoms with E-state index >= 15 is 0 Å². The Balaban J connectivity index is 1.85. The molecule has 6 heteroatoms. The average Bonchev–Trinajstić information content (AvgIpc) is 2.49. The molecule has 20 heavy (non-hydrogen) atoms. The number of carbonyl (C=O) groups is 2. The third kappa shape index (κ3) is 3.72. The number of halogens is 1. The van der Waals surface area contributed by atoms with E-state index in [-0.39, 0.29) is 12.0 Å². The van der Waals surface area contributed by atoms with Gasteiger partial charge >= 0.3 is 6.09 Å². The van der Waals surface area contributed by atoms with Gasteiger partial charge in [-0.15, -0.1) is 0 Å². The first-order valence-corrected chi connectivity index (χ1v) is 7.24. The van der Waals surface area contributed by atoms with Gasteiger partial charge < -0.3 is 14.5 Å². The highest BCUT2D eigenvalue weighted by molar-refractivity contribution is 9.10. The Morgan fingerprint density at radius 1 is 1.10 bits per heavy atom. The summed E-state index contributed by atoms with van der Waals surface area (Å²) in [5, 5.41) is 0. The highest BCUT2D eigenvalue weighted by atomic mass is 79.9. The summed E-state index contributed by atoms with van der Waals surface area (Å²) in [5.41, 5.74) is 0.994. The second-order valence-electron chi connectivity index (χ2n) is 4.64. The predicted molar refractivity (Wildman–Crippen MR) is 78.4 cm³/mol. The van der Waals surface area contributed by atoms with Gasteiger partial charge in [0, 0.05) is 30.7 Å². The Labute approximate surface area is 126 Å². The van der Waals surface area contributed by atoms with E-state index in [4.69, 9.17) is 0 Å². The molecule has 0 radical (unpaired) electrons. The molecule has 2 rings (SSSR count). The van der Waals surface area contributed by atoms with E-state index in [1.165, 1.54) is 7.11 Å². The van der Waals surface area contributed by atoms with Gasteiger partial charge in [-0.05, 0) is 17.7 Å². The molecule has 0 spiro atoms. The minimum absolute atomic E-state index is 0.0943. The minimum Gasteiger partial charge on any atom is -0.453 e. The SMILES string of the molecule is COC(=O)N1CCN(C(=O)Cc2ccc(Br)cc2)CC1. The monoisotopic (exact) mass is 340 g/mol. The summed E-state index contributed by atoms with van der Waals surface area (Å²) in [5.74, 6) is 0.0943. The van der Waals surface area contributed by atoms with Crippen molar-refractivity contribution in [1.29, 1.82) is 0 Å². The summed E-state index contributed by atoms with van der Waals surface area (Å²) in [6, 6.07) is 7.73. The number of benzene rings is 1. The number of carbonyl (C=O) groups excluding carboxylic acids is 2. The molecule has 1 saturated heterocycles. The van der Waals surface area contributed by atoms with Crippen molar-refractivity contribution in [1.82, 2.24) is 9.80 Å². The van der Waals surface area contributed by atoms with E-state index in [0.29, 0.717) is 32.6 Å². The molecule has 108 valence electrons. The Bertz CT molecular complexity index is 482. The maximum atomic E-state index is 12.2. The lowest BCUT2D eigenvalue weighted by molar-refractivity contribution is -0.132. The van der Waals surface area contributed by atoms with E-state index < -0.39 is 0 Å². The van der Waals surface area contributed by atoms with Crippen LogP contribution in [0.4, 0.5) is 4.79 Å². The summed E-state index contributed by atoms with van der Waals surface area (Å²) in [7, 11) is 1.37. The zero-order chi connectivity index (χ0) is 14.5. The lowest BCUT2D eigenvalue weighted by Crippen LogP contribution is -2.50. The lowest BCUT2D eigenvalue weighted by Gasteiger charge is -2.33. The summed E-state index contributed by atoms with van der Waals surface area (Å²) in [6.45, 7) is 2.17. The summed E-state index contributed by atoms with van der Waals surface area (Å²) in [6.07, 6.45) is 0.0657. The molecule has 0 N–H and O–H groups in total. The van der Waals surface area contributed by atoms with Crippen molar-refractivity contribution in [3.8, 4) is 0 Å². The molecule has 0 atom stereocenters. The number of methoxy groups -OCH3 is 1. The maximum absolute atomic E-state index is 12.2. The Kier molecular flexibility index (Phi) is 5.00. The standard InChI is InChI=1S/C14H17BrN2O3/c1-20-14(19)17-8-6-16(7-9-17)13(18)10-11-2-4-12(15)5-3-11/h2-5H,6-10H2,1H3. The molecule has 1 aromatic rings. The van der Waals surface area contributed by atoms with Gasteiger partial charge in [0.1, 0.15) is 0 Å². The Morgan fingerprint density at radius 2 is 1.65 bits per heavy atom. The molecule has 1 aliphatic heterocycles. The van der Waals surface area contributed by atoms with Gasteiger partial charge in [-0.2, -0.15) is 0 Å². The van der Waals surface area contributed by atoms with Gasteiger partial charge in [-0.3, -0.25) is 4.79 Å². The van der Waals surface area contributed by atoms with E-state index in [0.717, 1.165) is 10.0 Å². The lowest BCUT2D eigenvalue weighted by atomic mass is 10.1. The fourth-order valence-electron chi connectivity index (χ4n) is 2.16. The summed E-state index contributed by atoms with van der Waals surface area (Å²) < 4.78 is 5.67. The number of nitrogens with zero attached hydrogens (tertiary/aromatic N) is 2. The van der Waals surface area contributed by atoms with E-state index in [2.05, 4.69) is 20.7 Å². The number of hydrogen-bond donors (Lipinski definition) is 0. The molecule has 0 aromatic heterocycles. The molecule has 1 heterocycles. The van der Waals surface area contributed by atoms with Gasteiger partial charge in [0.15, 0.2) is 0 Å². The van der Waals surface area contributed by atoms with Gasteiger partial charge in [-0.25, -0.2) is 4.79 Å². The topological polar surface area (TPSA) is 49.9 Å². The van der Waals surface area contributed by atoms with Crippen LogP contribution in [0.25, 0.3) is 0 Å². The van der Waals surface area contributed by atoms with E-state index in [1.54, 1.807) is 9.80 Å². The zero-order valence-corrected chi connectivity index (χ0v) is 12.9. The van der Waals surface area contributed by atoms with Gasteiger partial charge in [0.25, 0.3) is 0 Å². The molecule has 0 saturated carbocycles. The number of piperazine rings is 1. The first-order valence-electron chi connectivity index (χ1n) is 6.45. The Hall–Kier alpha value is -1.56. The molecule has 0 bridgehead atoms. The Morgan fingerprint density at radius 3 is 2.20 bits per heavy atom. The van der Waals surface area contributed by atoms with Crippen LogP contribution in [0.5, 0.6) is 0 Å². The first kappa shape index (κ1) is 14.8. The number of ether oxygens (including phenoxy) is 1. The van der Waals surface area contributed by atoms with Crippen LogP contribution < -0.4 is 0 Å². The average molecular weight is 341 g/mol. The molecular formula is C14H17BrN2O3. The van der Waals surface area contributed by atoms with Crippen LogP contribution in [-0.2, 0) is 16.0 Å². The second kappa shape index (κ2) is 6.74. The third-order valence-corrected chi connectivity index (χ3v) is 3.86. The van der Waals surface area contributed by atoms with Crippen LogP contribution in [0.15, 0.2) is 28.7 Å². The molecule has 1 fully saturated rings. The summed E-state index contributed by atoms with van der Waals surface area (Å²) >= 11 is 3.37. The number of rotatable bonds is 2. The first-order chi connectivity index (χ1) is 9.60. The van der Waals surface area contributed by atoms with Crippen LogP contribution >= 0.6 is 15.9 Å². The minimum atomic E-state index is -0.329. The normalized spacial score (nSPS) is 15.1. The van der Waals surface area contributed by atoms with Gasteiger partial charge in [0.2, 0.25) is 5.91 Å². The van der Waals surface area contributed by atoms with Crippen LogP contribution in [0.1, 0.15) is 5.56 Å². The molecular weight excluding hydrogens is 324 g/mol. The van der Waals surface area contributed by atoms with Crippen LogP contribution in [0.3, 0.4) is 0 Å². The molecule has 1 aromatic carbocycles. The van der Waals surface area contributed by atoms with Crippen LogP contribution in [0, 0.1) is 0 Å². The molecule has 0 aliphatic carbocycles. The fraction of sp³-hybridized carbons (Fsp3) is 0.429. The number of hydrogen-bond acceptors (Lipinski definition) is 3. The quantitative estimate of drug-likeness (QED) is 0.826. The van der Waals surface area contributed by atoms with Crippen LogP contribution in [0.2, 0.25) is 0 Å². The van der Waals surface area contributed by atoms with Crippen molar-refractivity contribution in [2.75, 3.05) is 33.3 Å². The molecule has 5 nitrogen and oxygen atoms in total. The van der Waals surface area contributed by atoms with Crippen molar-refractivity contribution in [2.24, 2.45) is 0 Å². The van der Waals surface area contributed by atoms with Crippen molar-refractivity contribution in [3.05, 3.63) is 34.3 Å². The zero-order valence-electron chi connectivity index (χ0n) is 11.3. The third-order valence-electron chi connectivity index (χ3n) is 3.33. The van der Waals surface area contributed by atoms with Crippen molar-refractivity contribution >= 4 is 27.9 Å². The van der Waals surface area contributed by atoms with Crippen LogP contribution in [-0.4, -0.2) is 55.1 Å². The van der Waals surface area contributed by atoms with Crippen molar-refractivity contribution < 1.29 is 14.3 Å². The molecule has 0 unspecified atom stereocenters. The van der Waals surface area contributed by atoms with Crippen molar-refractivity contribution in [3.63, 3.8) is 0 Å². The number of amides is 2. The van der Waals surface area contributed by atoms with Crippen molar-refractivity contribution in [2.45, 2.75) is 6.42 Å². The maximum Gasteiger partial charge on any atom is 0.409 e. The largest absolute Gasteiger partial charge is 0.453 e. The van der Waals surface area contributed by atoms with E-state index in [1.807, 2.05) is 24.3 Å². The molecule has 2 amide bonds. The highest BCUT2D eigenvalue weighted by Crippen LogP contribution is 2.12. The predicted octanol–water partition coefficient (Wildman–Crippen LogP) is 1.90. The van der Waals surface area contributed by atoms with E-state index in [9.17, 15) is 9.59 Å².